The largest absolute Gasteiger partial charge is 0.295 e. The molecule has 1 aromatic carbocycles. The molecule has 0 unspecified atom stereocenters. The van der Waals surface area contributed by atoms with Crippen molar-refractivity contribution in [1.82, 2.24) is 9.55 Å². The first-order valence-electron chi connectivity index (χ1n) is 4.89. The number of benzene rings is 1. The van der Waals surface area contributed by atoms with Crippen LogP contribution in [0.3, 0.4) is 0 Å². The highest BCUT2D eigenvalue weighted by molar-refractivity contribution is 6.31. The maximum absolute atomic E-state index is 11.5. The van der Waals surface area contributed by atoms with Gasteiger partial charge < -0.3 is 0 Å². The number of nitrogens with zero attached hydrogens (tertiary/aromatic N) is 3. The van der Waals surface area contributed by atoms with E-state index in [4.69, 9.17) is 16.9 Å². The van der Waals surface area contributed by atoms with E-state index in [0.29, 0.717) is 17.1 Å². The molecule has 0 saturated heterocycles. The SMILES string of the molecule is N#Cc1ccc(Cn2cnccc2=O)c(Cl)c1. The van der Waals surface area contributed by atoms with Crippen molar-refractivity contribution in [2.45, 2.75) is 6.54 Å². The van der Waals surface area contributed by atoms with Crippen molar-refractivity contribution >= 4 is 11.6 Å². The standard InChI is InChI=1S/C12H8ClN3O/c13-11-5-9(6-14)1-2-10(11)7-16-8-15-4-3-12(16)17/h1-5,8H,7H2. The van der Waals surface area contributed by atoms with E-state index in [9.17, 15) is 4.79 Å². The second-order valence-electron chi connectivity index (χ2n) is 3.46. The highest BCUT2D eigenvalue weighted by atomic mass is 35.5. The molecule has 0 radical (unpaired) electrons. The third kappa shape index (κ3) is 2.52. The summed E-state index contributed by atoms with van der Waals surface area (Å²) in [5, 5.41) is 9.18. The van der Waals surface area contributed by atoms with E-state index in [0.717, 1.165) is 5.56 Å². The third-order valence-electron chi connectivity index (χ3n) is 2.32. The minimum absolute atomic E-state index is 0.138. The molecule has 0 saturated carbocycles. The summed E-state index contributed by atoms with van der Waals surface area (Å²) >= 11 is 6.02. The van der Waals surface area contributed by atoms with Gasteiger partial charge in [0.2, 0.25) is 0 Å². The first-order chi connectivity index (χ1) is 8.20. The van der Waals surface area contributed by atoms with Crippen molar-refractivity contribution in [3.05, 3.63) is 63.3 Å². The van der Waals surface area contributed by atoms with Gasteiger partial charge in [-0.05, 0) is 17.7 Å². The van der Waals surface area contributed by atoms with Gasteiger partial charge in [-0.25, -0.2) is 4.98 Å². The van der Waals surface area contributed by atoms with Gasteiger partial charge in [-0.1, -0.05) is 17.7 Å². The monoisotopic (exact) mass is 245 g/mol. The fourth-order valence-corrected chi connectivity index (χ4v) is 1.67. The Kier molecular flexibility index (Phi) is 3.22. The van der Waals surface area contributed by atoms with Crippen LogP contribution in [-0.4, -0.2) is 9.55 Å². The zero-order valence-corrected chi connectivity index (χ0v) is 9.55. The van der Waals surface area contributed by atoms with Crippen LogP contribution in [0, 0.1) is 11.3 Å². The molecule has 17 heavy (non-hydrogen) atoms. The second-order valence-corrected chi connectivity index (χ2v) is 3.87. The van der Waals surface area contributed by atoms with E-state index in [1.807, 2.05) is 6.07 Å². The highest BCUT2D eigenvalue weighted by Gasteiger charge is 2.03. The van der Waals surface area contributed by atoms with Gasteiger partial charge in [0.15, 0.2) is 0 Å². The van der Waals surface area contributed by atoms with Crippen molar-refractivity contribution in [1.29, 1.82) is 5.26 Å². The normalized spacial score (nSPS) is 9.88. The first kappa shape index (κ1) is 11.4. The summed E-state index contributed by atoms with van der Waals surface area (Å²) in [5.74, 6) is 0. The lowest BCUT2D eigenvalue weighted by atomic mass is 10.1. The Balaban J connectivity index is 2.35. The Morgan fingerprint density at radius 3 is 2.88 bits per heavy atom. The summed E-state index contributed by atoms with van der Waals surface area (Å²) in [6.45, 7) is 0.344. The Morgan fingerprint density at radius 1 is 1.41 bits per heavy atom. The fraction of sp³-hybridized carbons (Fsp3) is 0.0833. The fourth-order valence-electron chi connectivity index (χ4n) is 1.43. The molecule has 0 spiro atoms. The highest BCUT2D eigenvalue weighted by Crippen LogP contribution is 2.18. The number of aromatic nitrogens is 2. The molecule has 2 aromatic rings. The molecule has 0 amide bonds. The zero-order chi connectivity index (χ0) is 12.3. The molecule has 84 valence electrons. The van der Waals surface area contributed by atoms with Gasteiger partial charge in [-0.15, -0.1) is 0 Å². The lowest BCUT2D eigenvalue weighted by molar-refractivity contribution is 0.736. The summed E-state index contributed by atoms with van der Waals surface area (Å²) in [6.07, 6.45) is 2.90. The van der Waals surface area contributed by atoms with Crippen LogP contribution in [0.25, 0.3) is 0 Å². The molecule has 0 aliphatic heterocycles. The molecule has 0 bridgehead atoms. The molecular formula is C12H8ClN3O. The summed E-state index contributed by atoms with van der Waals surface area (Å²) in [4.78, 5) is 15.4. The van der Waals surface area contributed by atoms with Crippen LogP contribution in [0.2, 0.25) is 5.02 Å². The molecule has 4 nitrogen and oxygen atoms in total. The van der Waals surface area contributed by atoms with E-state index < -0.39 is 0 Å². The minimum Gasteiger partial charge on any atom is -0.295 e. The van der Waals surface area contributed by atoms with E-state index in [1.54, 1.807) is 18.2 Å². The lowest BCUT2D eigenvalue weighted by Crippen LogP contribution is -2.19. The smallest absolute Gasteiger partial charge is 0.253 e. The molecule has 1 aromatic heterocycles. The number of hydrogen-bond donors (Lipinski definition) is 0. The minimum atomic E-state index is -0.138. The molecule has 0 aliphatic carbocycles. The molecular weight excluding hydrogens is 238 g/mol. The average Bonchev–Trinajstić information content (AvgIpc) is 2.34. The van der Waals surface area contributed by atoms with Gasteiger partial charge in [-0.2, -0.15) is 5.26 Å². The van der Waals surface area contributed by atoms with Gasteiger partial charge >= 0.3 is 0 Å². The Morgan fingerprint density at radius 2 is 2.24 bits per heavy atom. The second kappa shape index (κ2) is 4.81. The Bertz CT molecular complexity index is 643. The van der Waals surface area contributed by atoms with Crippen LogP contribution in [-0.2, 0) is 6.54 Å². The summed E-state index contributed by atoms with van der Waals surface area (Å²) in [7, 11) is 0. The van der Waals surface area contributed by atoms with E-state index in [-0.39, 0.29) is 5.56 Å². The van der Waals surface area contributed by atoms with Gasteiger partial charge in [0, 0.05) is 17.3 Å². The van der Waals surface area contributed by atoms with Crippen LogP contribution in [0.15, 0.2) is 41.6 Å². The predicted molar refractivity (Wildman–Crippen MR) is 63.8 cm³/mol. The summed E-state index contributed by atoms with van der Waals surface area (Å²) in [5.41, 5.74) is 1.14. The zero-order valence-electron chi connectivity index (χ0n) is 8.80. The summed E-state index contributed by atoms with van der Waals surface area (Å²) < 4.78 is 1.45. The van der Waals surface area contributed by atoms with E-state index in [1.165, 1.54) is 23.2 Å². The third-order valence-corrected chi connectivity index (χ3v) is 2.67. The van der Waals surface area contributed by atoms with Gasteiger partial charge in [0.05, 0.1) is 24.5 Å². The maximum Gasteiger partial charge on any atom is 0.253 e. The average molecular weight is 246 g/mol. The molecule has 0 atom stereocenters. The Hall–Kier alpha value is -2.12. The molecule has 1 heterocycles. The number of halogens is 1. The molecule has 0 aliphatic rings. The van der Waals surface area contributed by atoms with Gasteiger partial charge in [0.25, 0.3) is 5.56 Å². The number of nitriles is 1. The summed E-state index contributed by atoms with van der Waals surface area (Å²) in [6, 6.07) is 8.38. The van der Waals surface area contributed by atoms with Crippen LogP contribution in [0.1, 0.15) is 11.1 Å². The van der Waals surface area contributed by atoms with E-state index in [2.05, 4.69) is 4.98 Å². The molecule has 2 rings (SSSR count). The topological polar surface area (TPSA) is 58.7 Å². The van der Waals surface area contributed by atoms with Gasteiger partial charge in [0.1, 0.15) is 0 Å². The quantitative estimate of drug-likeness (QED) is 0.811. The lowest BCUT2D eigenvalue weighted by Gasteiger charge is -2.06. The van der Waals surface area contributed by atoms with Crippen molar-refractivity contribution in [3.63, 3.8) is 0 Å². The molecule has 0 N–H and O–H groups in total. The Labute approximate surface area is 103 Å². The van der Waals surface area contributed by atoms with Crippen LogP contribution in [0.5, 0.6) is 0 Å². The van der Waals surface area contributed by atoms with E-state index >= 15 is 0 Å². The first-order valence-corrected chi connectivity index (χ1v) is 5.27. The van der Waals surface area contributed by atoms with Crippen molar-refractivity contribution in [2.24, 2.45) is 0 Å². The van der Waals surface area contributed by atoms with Gasteiger partial charge in [-0.3, -0.25) is 9.36 Å². The van der Waals surface area contributed by atoms with Crippen LogP contribution in [0.4, 0.5) is 0 Å². The number of rotatable bonds is 2. The predicted octanol–water partition coefficient (Wildman–Crippen LogP) is 1.82. The molecule has 0 fully saturated rings. The molecule has 5 heteroatoms. The van der Waals surface area contributed by atoms with Crippen molar-refractivity contribution in [3.8, 4) is 6.07 Å². The maximum atomic E-state index is 11.5. The number of hydrogen-bond acceptors (Lipinski definition) is 3. The van der Waals surface area contributed by atoms with Crippen molar-refractivity contribution in [2.75, 3.05) is 0 Å². The van der Waals surface area contributed by atoms with Crippen LogP contribution < -0.4 is 5.56 Å². The van der Waals surface area contributed by atoms with Crippen molar-refractivity contribution < 1.29 is 0 Å². The van der Waals surface area contributed by atoms with Crippen LogP contribution >= 0.6 is 11.6 Å².